The standard InChI is InChI=1S/C27H62NO13Si4.Rf/c1-28(21-17-25-45(39-11,40-12)41-13)26(29)27(18-14-22-42(30-2,31-3)32-4,19-15-23-43(33-5,34-6)35-7)20-16-24-44(36-8,37-9)38-10;/h1,14-25H2,2-13H3;/q-1;. The Labute approximate surface area is 277 Å². The molecule has 0 spiro atoms. The molecule has 0 fully saturated rings. The SMILES string of the molecule is [CH2-]N(CCC[Si](OC)(OC)OC)C(=O)C(CCC[Si](OC)(OC)OC)(CCC[Si](OC)(OC)OC)CCC[Si](OC)(OC)OC.[Rf]. The zero-order valence-electron chi connectivity index (χ0n) is 30.7. The minimum Gasteiger partial charge on any atom is -0.495 e. The van der Waals surface area contributed by atoms with Crippen molar-refractivity contribution in [3.63, 3.8) is 0 Å². The van der Waals surface area contributed by atoms with Crippen LogP contribution in [0, 0.1) is 12.5 Å². The summed E-state index contributed by atoms with van der Waals surface area (Å²) in [6.45, 7) is 0.401. The molecule has 0 rings (SSSR count). The van der Waals surface area contributed by atoms with Crippen LogP contribution in [0.3, 0.4) is 0 Å². The van der Waals surface area contributed by atoms with E-state index >= 15 is 0 Å². The molecule has 0 aromatic heterocycles. The molecule has 0 radical (unpaired) electrons. The summed E-state index contributed by atoms with van der Waals surface area (Å²) < 4.78 is 67.9. The second-order valence-corrected chi connectivity index (χ2v) is 23.1. The van der Waals surface area contributed by atoms with E-state index in [4.69, 9.17) is 53.1 Å². The molecule has 0 heterocycles. The quantitative estimate of drug-likeness (QED) is 0.0797. The molecule has 1 amide bonds. The minimum atomic E-state index is -2.87. The molecule has 0 aliphatic carbocycles. The first-order valence-electron chi connectivity index (χ1n) is 15.1. The van der Waals surface area contributed by atoms with Crippen molar-refractivity contribution in [3.05, 3.63) is 7.05 Å². The van der Waals surface area contributed by atoms with Gasteiger partial charge in [-0.2, -0.15) is 0 Å². The Morgan fingerprint density at radius 2 is 0.696 bits per heavy atom. The van der Waals surface area contributed by atoms with Crippen molar-refractivity contribution in [3.8, 4) is 0 Å². The maximum absolute atomic E-state index is 14.6. The molecular formula is C27H62NO13RfSi4-. The minimum absolute atomic E-state index is 0. The number of nitrogens with zero attached hydrogens (tertiary/aromatic N) is 1. The number of carbonyl (C=O) groups is 1. The van der Waals surface area contributed by atoms with Gasteiger partial charge in [0.25, 0.3) is 0 Å². The van der Waals surface area contributed by atoms with E-state index in [0.717, 1.165) is 0 Å². The maximum Gasteiger partial charge on any atom is 0.500 e. The van der Waals surface area contributed by atoms with Crippen LogP contribution in [0.1, 0.15) is 44.9 Å². The maximum atomic E-state index is 14.6. The van der Waals surface area contributed by atoms with Crippen molar-refractivity contribution in [2.45, 2.75) is 69.1 Å². The molecule has 0 aromatic rings. The smallest absolute Gasteiger partial charge is 0.495 e. The third kappa shape index (κ3) is 13.0. The molecule has 0 aliphatic rings. The average Bonchev–Trinajstić information content (AvgIpc) is 3.09. The predicted molar refractivity (Wildman–Crippen MR) is 178 cm³/mol. The number of hydrogen-bond donors (Lipinski definition) is 0. The van der Waals surface area contributed by atoms with Gasteiger partial charge in [-0.05, 0) is 51.5 Å². The predicted octanol–water partition coefficient (Wildman–Crippen LogP) is 3.84. The number of carbonyl (C=O) groups excluding carboxylic acids is 1. The summed E-state index contributed by atoms with van der Waals surface area (Å²) in [4.78, 5) is 16.1. The van der Waals surface area contributed by atoms with Crippen molar-refractivity contribution in [2.24, 2.45) is 5.41 Å². The fraction of sp³-hybridized carbons (Fsp3) is 0.926. The summed E-state index contributed by atoms with van der Waals surface area (Å²) in [5.74, 6) is -0.0550. The molecule has 0 atom stereocenters. The van der Waals surface area contributed by atoms with Gasteiger partial charge in [-0.3, -0.25) is 11.8 Å². The fourth-order valence-corrected chi connectivity index (χ4v) is 12.6. The Kier molecular flexibility index (Phi) is 23.7. The van der Waals surface area contributed by atoms with Crippen LogP contribution >= 0.6 is 0 Å². The van der Waals surface area contributed by atoms with Crippen molar-refractivity contribution in [1.82, 2.24) is 4.90 Å². The summed E-state index contributed by atoms with van der Waals surface area (Å²) in [6, 6.07) is 2.18. The molecule has 14 nitrogen and oxygen atoms in total. The average molecular weight is 988 g/mol. The Morgan fingerprint density at radius 1 is 0.478 bits per heavy atom. The fourth-order valence-electron chi connectivity index (χ4n) is 5.77. The van der Waals surface area contributed by atoms with Crippen LogP contribution in [0.25, 0.3) is 0 Å². The molecule has 0 aliphatic heterocycles. The topological polar surface area (TPSA) is 131 Å². The van der Waals surface area contributed by atoms with E-state index in [-0.39, 0.29) is 5.91 Å². The van der Waals surface area contributed by atoms with Gasteiger partial charge in [-0.1, -0.05) is 0 Å². The van der Waals surface area contributed by atoms with Crippen molar-refractivity contribution in [2.75, 3.05) is 91.9 Å². The zero-order chi connectivity index (χ0) is 34.6. The largest absolute Gasteiger partial charge is 0.500 e. The van der Waals surface area contributed by atoms with Gasteiger partial charge in [-0.25, -0.2) is 0 Å². The summed E-state index contributed by atoms with van der Waals surface area (Å²) in [5, 5.41) is 0. The number of amides is 1. The molecule has 19 heteroatoms. The number of hydrogen-bond acceptors (Lipinski definition) is 13. The molecule has 0 saturated carbocycles. The van der Waals surface area contributed by atoms with Gasteiger partial charge in [0.15, 0.2) is 5.91 Å². The van der Waals surface area contributed by atoms with Crippen LogP contribution in [-0.4, -0.2) is 138 Å². The normalized spacial score (nSPS) is 13.2. The molecule has 46 heavy (non-hydrogen) atoms. The molecule has 0 unspecified atom stereocenters. The third-order valence-corrected chi connectivity index (χ3v) is 20.1. The molecule has 0 saturated heterocycles. The first-order valence-corrected chi connectivity index (χ1v) is 22.9. The molecule has 0 bridgehead atoms. The van der Waals surface area contributed by atoms with Crippen LogP contribution in [0.5, 0.6) is 0 Å². The van der Waals surface area contributed by atoms with Gasteiger partial charge in [-0.15, -0.1) is 0 Å². The van der Waals surface area contributed by atoms with Gasteiger partial charge in [0.1, 0.15) is 0 Å². The molecule has 0 aromatic carbocycles. The van der Waals surface area contributed by atoms with Gasteiger partial charge in [0, 0.05) is 115 Å². The monoisotopic (exact) mass is 987 g/mol. The summed E-state index contributed by atoms with van der Waals surface area (Å²) in [5.41, 5.74) is -0.792. The van der Waals surface area contributed by atoms with Gasteiger partial charge < -0.3 is 58.0 Å². The van der Waals surface area contributed by atoms with Crippen molar-refractivity contribution < 1.29 is 57.9 Å². The van der Waals surface area contributed by atoms with Gasteiger partial charge >= 0.3 is 35.2 Å². The van der Waals surface area contributed by atoms with Crippen LogP contribution in [0.4, 0.5) is 0 Å². The summed E-state index contributed by atoms with van der Waals surface area (Å²) in [6.07, 6.45) is 4.17. The van der Waals surface area contributed by atoms with E-state index in [1.54, 1.807) is 90.2 Å². The Bertz CT molecular complexity index is 695. The van der Waals surface area contributed by atoms with Crippen LogP contribution < -0.4 is 0 Å². The summed E-state index contributed by atoms with van der Waals surface area (Å²) >= 11 is 0. The molecular weight excluding hydrogens is 926 g/mol. The first kappa shape index (κ1) is 47.0. The van der Waals surface area contributed by atoms with E-state index in [2.05, 4.69) is 7.05 Å². The Hall–Kier alpha value is -1.14. The van der Waals surface area contributed by atoms with E-state index in [0.29, 0.717) is 75.7 Å². The van der Waals surface area contributed by atoms with E-state index in [9.17, 15) is 4.79 Å². The summed E-state index contributed by atoms with van der Waals surface area (Å²) in [7, 11) is 11.8. The third-order valence-electron chi connectivity index (χ3n) is 8.80. The van der Waals surface area contributed by atoms with Gasteiger partial charge in [0.05, 0.1) is 0 Å². The molecule has 0 N–H and O–H groups in total. The zero-order valence-corrected chi connectivity index (χ0v) is 41.1. The first-order chi connectivity index (χ1) is 21.4. The van der Waals surface area contributed by atoms with E-state index in [1.165, 1.54) is 0 Å². The molecule has 272 valence electrons. The van der Waals surface area contributed by atoms with E-state index in [1.807, 2.05) is 0 Å². The van der Waals surface area contributed by atoms with Crippen LogP contribution in [0.15, 0.2) is 0 Å². The van der Waals surface area contributed by atoms with Crippen LogP contribution in [-0.2, 0) is 57.9 Å². The van der Waals surface area contributed by atoms with Crippen molar-refractivity contribution in [1.29, 1.82) is 0 Å². The Morgan fingerprint density at radius 3 is 0.913 bits per heavy atom. The van der Waals surface area contributed by atoms with E-state index < -0.39 is 40.6 Å². The second kappa shape index (κ2) is 23.3. The van der Waals surface area contributed by atoms with Crippen LogP contribution in [0.2, 0.25) is 24.2 Å². The van der Waals surface area contributed by atoms with Crippen molar-refractivity contribution >= 4 is 41.1 Å². The Balaban J connectivity index is 0. The van der Waals surface area contributed by atoms with Gasteiger partial charge in [0.2, 0.25) is 0 Å². The second-order valence-electron chi connectivity index (χ2n) is 10.7. The number of rotatable bonds is 29.